The van der Waals surface area contributed by atoms with Crippen molar-refractivity contribution in [2.45, 2.75) is 6.42 Å². The minimum absolute atomic E-state index is 0.0190. The molecule has 1 aliphatic rings. The van der Waals surface area contributed by atoms with Crippen molar-refractivity contribution in [3.05, 3.63) is 71.8 Å². The van der Waals surface area contributed by atoms with Crippen molar-refractivity contribution >= 4 is 11.8 Å². The van der Waals surface area contributed by atoms with Gasteiger partial charge in [0.25, 0.3) is 5.91 Å². The summed E-state index contributed by atoms with van der Waals surface area (Å²) in [7, 11) is 0. The van der Waals surface area contributed by atoms with Gasteiger partial charge in [-0.1, -0.05) is 12.1 Å². The summed E-state index contributed by atoms with van der Waals surface area (Å²) in [5.41, 5.74) is 2.12. The zero-order chi connectivity index (χ0) is 20.2. The van der Waals surface area contributed by atoms with E-state index in [4.69, 9.17) is 0 Å². The number of aromatic nitrogens is 4. The van der Waals surface area contributed by atoms with Gasteiger partial charge < -0.3 is 9.80 Å². The number of tetrazole rings is 1. The van der Waals surface area contributed by atoms with Crippen LogP contribution in [-0.2, 0) is 11.2 Å². The SMILES string of the molecule is O=C(Cc1ccc(F)cc1)N1CCN(C(=O)c2ccc(-n3cnnn3)cc2)CC1. The molecule has 29 heavy (non-hydrogen) atoms. The molecule has 0 bridgehead atoms. The average Bonchev–Trinajstić information content (AvgIpc) is 3.30. The predicted molar refractivity (Wildman–Crippen MR) is 102 cm³/mol. The maximum absolute atomic E-state index is 13.0. The lowest BCUT2D eigenvalue weighted by Crippen LogP contribution is -2.51. The van der Waals surface area contributed by atoms with Crippen molar-refractivity contribution in [1.82, 2.24) is 30.0 Å². The first-order valence-electron chi connectivity index (χ1n) is 9.25. The number of benzene rings is 2. The van der Waals surface area contributed by atoms with Gasteiger partial charge in [0.05, 0.1) is 12.1 Å². The number of hydrogen-bond acceptors (Lipinski definition) is 5. The van der Waals surface area contributed by atoms with E-state index in [-0.39, 0.29) is 24.1 Å². The number of carbonyl (C=O) groups is 2. The number of carbonyl (C=O) groups excluding carboxylic acids is 2. The van der Waals surface area contributed by atoms with E-state index in [9.17, 15) is 14.0 Å². The minimum Gasteiger partial charge on any atom is -0.339 e. The van der Waals surface area contributed by atoms with Crippen LogP contribution in [0, 0.1) is 5.82 Å². The molecule has 9 heteroatoms. The lowest BCUT2D eigenvalue weighted by Gasteiger charge is -2.35. The van der Waals surface area contributed by atoms with Gasteiger partial charge in [-0.05, 0) is 52.4 Å². The molecule has 2 heterocycles. The Morgan fingerprint density at radius 1 is 0.897 bits per heavy atom. The maximum Gasteiger partial charge on any atom is 0.253 e. The van der Waals surface area contributed by atoms with Gasteiger partial charge in [-0.25, -0.2) is 9.07 Å². The molecule has 0 spiro atoms. The summed E-state index contributed by atoms with van der Waals surface area (Å²) in [6.45, 7) is 1.91. The van der Waals surface area contributed by atoms with Crippen molar-refractivity contribution in [3.8, 4) is 5.69 Å². The quantitative estimate of drug-likeness (QED) is 0.667. The molecule has 0 atom stereocenters. The molecular weight excluding hydrogens is 375 g/mol. The minimum atomic E-state index is -0.320. The fourth-order valence-electron chi connectivity index (χ4n) is 3.27. The molecule has 1 saturated heterocycles. The molecule has 8 nitrogen and oxygen atoms in total. The highest BCUT2D eigenvalue weighted by Crippen LogP contribution is 2.13. The third-order valence-corrected chi connectivity index (χ3v) is 4.92. The van der Waals surface area contributed by atoms with Gasteiger partial charge in [0.1, 0.15) is 12.1 Å². The van der Waals surface area contributed by atoms with Gasteiger partial charge in [0.15, 0.2) is 0 Å². The lowest BCUT2D eigenvalue weighted by atomic mass is 10.1. The first-order chi connectivity index (χ1) is 14.1. The Kier molecular flexibility index (Phi) is 5.28. The summed E-state index contributed by atoms with van der Waals surface area (Å²) in [5, 5.41) is 11.0. The van der Waals surface area contributed by atoms with Gasteiger partial charge in [0, 0.05) is 31.7 Å². The first kappa shape index (κ1) is 18.7. The zero-order valence-corrected chi connectivity index (χ0v) is 15.6. The van der Waals surface area contributed by atoms with E-state index in [2.05, 4.69) is 15.5 Å². The van der Waals surface area contributed by atoms with Crippen molar-refractivity contribution in [2.75, 3.05) is 26.2 Å². The van der Waals surface area contributed by atoms with Crippen LogP contribution in [0.2, 0.25) is 0 Å². The van der Waals surface area contributed by atoms with Crippen molar-refractivity contribution in [3.63, 3.8) is 0 Å². The molecule has 2 amide bonds. The standard InChI is InChI=1S/C20H19FN6O2/c21-17-5-1-15(2-6-17)13-19(28)25-9-11-26(12-10-25)20(29)16-3-7-18(8-4-16)27-14-22-23-24-27/h1-8,14H,9-13H2. The topological polar surface area (TPSA) is 84.2 Å². The van der Waals surface area contributed by atoms with E-state index < -0.39 is 0 Å². The van der Waals surface area contributed by atoms with Crippen LogP contribution in [0.15, 0.2) is 54.9 Å². The number of hydrogen-bond donors (Lipinski definition) is 0. The lowest BCUT2D eigenvalue weighted by molar-refractivity contribution is -0.131. The maximum atomic E-state index is 13.0. The molecular formula is C20H19FN6O2. The number of halogens is 1. The summed E-state index contributed by atoms with van der Waals surface area (Å²) < 4.78 is 14.5. The van der Waals surface area contributed by atoms with E-state index in [0.29, 0.717) is 31.7 Å². The highest BCUT2D eigenvalue weighted by molar-refractivity contribution is 5.94. The average molecular weight is 394 g/mol. The summed E-state index contributed by atoms with van der Waals surface area (Å²) in [6, 6.07) is 13.0. The first-order valence-corrected chi connectivity index (χ1v) is 9.25. The summed E-state index contributed by atoms with van der Waals surface area (Å²) >= 11 is 0. The van der Waals surface area contributed by atoms with Crippen molar-refractivity contribution < 1.29 is 14.0 Å². The van der Waals surface area contributed by atoms with Crippen LogP contribution in [0.3, 0.4) is 0 Å². The molecule has 148 valence electrons. The van der Waals surface area contributed by atoms with Crippen LogP contribution in [0.5, 0.6) is 0 Å². The Balaban J connectivity index is 1.32. The monoisotopic (exact) mass is 394 g/mol. The molecule has 4 rings (SSSR count). The third kappa shape index (κ3) is 4.29. The fourth-order valence-corrected chi connectivity index (χ4v) is 3.27. The summed E-state index contributed by atoms with van der Waals surface area (Å²) in [6.07, 6.45) is 1.71. The highest BCUT2D eigenvalue weighted by Gasteiger charge is 2.25. The molecule has 0 N–H and O–H groups in total. The largest absolute Gasteiger partial charge is 0.339 e. The van der Waals surface area contributed by atoms with Gasteiger partial charge >= 0.3 is 0 Å². The Morgan fingerprint density at radius 2 is 1.55 bits per heavy atom. The van der Waals surface area contributed by atoms with Crippen LogP contribution in [-0.4, -0.2) is 68.0 Å². The van der Waals surface area contributed by atoms with Crippen LogP contribution < -0.4 is 0 Å². The van der Waals surface area contributed by atoms with E-state index in [1.54, 1.807) is 46.2 Å². The van der Waals surface area contributed by atoms with E-state index >= 15 is 0 Å². The molecule has 0 unspecified atom stereocenters. The number of amides is 2. The molecule has 0 saturated carbocycles. The second-order valence-corrected chi connectivity index (χ2v) is 6.78. The van der Waals surface area contributed by atoms with Crippen molar-refractivity contribution in [1.29, 1.82) is 0 Å². The molecule has 3 aromatic rings. The van der Waals surface area contributed by atoms with Gasteiger partial charge in [-0.3, -0.25) is 9.59 Å². The molecule has 0 aliphatic carbocycles. The highest BCUT2D eigenvalue weighted by atomic mass is 19.1. The third-order valence-electron chi connectivity index (χ3n) is 4.92. The Bertz CT molecular complexity index is 981. The van der Waals surface area contributed by atoms with Crippen LogP contribution >= 0.6 is 0 Å². The van der Waals surface area contributed by atoms with Crippen LogP contribution in [0.1, 0.15) is 15.9 Å². The molecule has 1 aliphatic heterocycles. The molecule has 1 fully saturated rings. The number of nitrogens with zero attached hydrogens (tertiary/aromatic N) is 6. The van der Waals surface area contributed by atoms with Gasteiger partial charge in [0.2, 0.25) is 5.91 Å². The molecule has 0 radical (unpaired) electrons. The fraction of sp³-hybridized carbons (Fsp3) is 0.250. The van der Waals surface area contributed by atoms with E-state index in [1.165, 1.54) is 23.1 Å². The van der Waals surface area contributed by atoms with Crippen LogP contribution in [0.4, 0.5) is 4.39 Å². The molecule has 1 aromatic heterocycles. The Hall–Kier alpha value is -3.62. The summed E-state index contributed by atoms with van der Waals surface area (Å²) in [5.74, 6) is -0.410. The number of piperazine rings is 1. The molecule has 2 aromatic carbocycles. The van der Waals surface area contributed by atoms with Crippen LogP contribution in [0.25, 0.3) is 5.69 Å². The van der Waals surface area contributed by atoms with Gasteiger partial charge in [-0.15, -0.1) is 5.10 Å². The predicted octanol–water partition coefficient (Wildman–Crippen LogP) is 1.33. The second kappa shape index (κ2) is 8.17. The van der Waals surface area contributed by atoms with Gasteiger partial charge in [-0.2, -0.15) is 0 Å². The van der Waals surface area contributed by atoms with Crippen molar-refractivity contribution in [2.24, 2.45) is 0 Å². The normalized spacial score (nSPS) is 14.1. The number of rotatable bonds is 4. The zero-order valence-electron chi connectivity index (χ0n) is 15.6. The Morgan fingerprint density at radius 3 is 2.17 bits per heavy atom. The van der Waals surface area contributed by atoms with E-state index in [1.807, 2.05) is 0 Å². The smallest absolute Gasteiger partial charge is 0.253 e. The van der Waals surface area contributed by atoms with E-state index in [0.717, 1.165) is 11.3 Å². The second-order valence-electron chi connectivity index (χ2n) is 6.78. The summed E-state index contributed by atoms with van der Waals surface area (Å²) in [4.78, 5) is 28.7. The Labute approximate surface area is 166 Å².